The van der Waals surface area contributed by atoms with Crippen LogP contribution in [-0.2, 0) is 16.1 Å². The number of nitrogens with zero attached hydrogens (tertiary/aromatic N) is 1. The number of amides is 2. The van der Waals surface area contributed by atoms with Crippen molar-refractivity contribution in [2.45, 2.75) is 78.4 Å². The molecule has 5 heteroatoms. The van der Waals surface area contributed by atoms with Crippen LogP contribution in [0.3, 0.4) is 0 Å². The van der Waals surface area contributed by atoms with Gasteiger partial charge < -0.3 is 15.0 Å². The second-order valence-corrected chi connectivity index (χ2v) is 9.00. The molecule has 1 saturated carbocycles. The summed E-state index contributed by atoms with van der Waals surface area (Å²) in [5.41, 5.74) is 4.43. The zero-order valence-corrected chi connectivity index (χ0v) is 19.8. The van der Waals surface area contributed by atoms with Gasteiger partial charge in [0.05, 0.1) is 0 Å². The fourth-order valence-corrected chi connectivity index (χ4v) is 4.15. The van der Waals surface area contributed by atoms with Gasteiger partial charge in [-0.05, 0) is 74.9 Å². The van der Waals surface area contributed by atoms with Crippen LogP contribution in [0.4, 0.5) is 0 Å². The molecule has 1 aliphatic carbocycles. The van der Waals surface area contributed by atoms with E-state index in [4.69, 9.17) is 4.74 Å². The number of nitrogens with one attached hydrogen (secondary N) is 1. The molecule has 3 rings (SSSR count). The molecule has 1 fully saturated rings. The molecule has 2 amide bonds. The van der Waals surface area contributed by atoms with E-state index in [9.17, 15) is 9.59 Å². The molecule has 0 saturated heterocycles. The normalized spacial score (nSPS) is 15.1. The van der Waals surface area contributed by atoms with E-state index in [-0.39, 0.29) is 24.5 Å². The van der Waals surface area contributed by atoms with E-state index in [1.807, 2.05) is 70.2 Å². The maximum absolute atomic E-state index is 13.2. The first kappa shape index (κ1) is 23.8. The van der Waals surface area contributed by atoms with E-state index in [0.717, 1.165) is 42.4 Å². The van der Waals surface area contributed by atoms with Gasteiger partial charge in [-0.2, -0.15) is 0 Å². The predicted octanol–water partition coefficient (Wildman–Crippen LogP) is 4.86. The lowest BCUT2D eigenvalue weighted by molar-refractivity contribution is -0.142. The van der Waals surface area contributed by atoms with Crippen LogP contribution in [-0.4, -0.2) is 35.4 Å². The van der Waals surface area contributed by atoms with Gasteiger partial charge in [-0.15, -0.1) is 0 Å². The molecule has 5 nitrogen and oxygen atoms in total. The number of carbonyl (C=O) groups excluding carboxylic acids is 2. The molecule has 2 aromatic rings. The minimum atomic E-state index is -0.576. The van der Waals surface area contributed by atoms with E-state index in [1.165, 1.54) is 12.0 Å². The summed E-state index contributed by atoms with van der Waals surface area (Å²) >= 11 is 0. The van der Waals surface area contributed by atoms with Gasteiger partial charge >= 0.3 is 0 Å². The summed E-state index contributed by atoms with van der Waals surface area (Å²) in [6.45, 7) is 8.17. The second-order valence-electron chi connectivity index (χ2n) is 9.00. The van der Waals surface area contributed by atoms with Gasteiger partial charge in [0.15, 0.2) is 6.61 Å². The summed E-state index contributed by atoms with van der Waals surface area (Å²) in [5, 5.41) is 3.17. The van der Waals surface area contributed by atoms with Crippen LogP contribution in [0.1, 0.15) is 61.3 Å². The third-order valence-corrected chi connectivity index (χ3v) is 6.56. The Balaban J connectivity index is 1.72. The lowest BCUT2D eigenvalue weighted by Crippen LogP contribution is -2.51. The first-order valence-electron chi connectivity index (χ1n) is 11.7. The quantitative estimate of drug-likeness (QED) is 0.643. The predicted molar refractivity (Wildman–Crippen MR) is 128 cm³/mol. The molecular weight excluding hydrogens is 400 g/mol. The molecule has 0 bridgehead atoms. The molecule has 0 radical (unpaired) electrons. The highest BCUT2D eigenvalue weighted by Crippen LogP contribution is 2.20. The third kappa shape index (κ3) is 6.35. The smallest absolute Gasteiger partial charge is 0.261 e. The molecule has 32 heavy (non-hydrogen) atoms. The number of carbonyl (C=O) groups is 2. The summed E-state index contributed by atoms with van der Waals surface area (Å²) in [5.74, 6) is 0.374. The van der Waals surface area contributed by atoms with Crippen molar-refractivity contribution in [1.29, 1.82) is 0 Å². The molecule has 0 aliphatic heterocycles. The number of ether oxygens (including phenoxy) is 1. The summed E-state index contributed by atoms with van der Waals surface area (Å²) in [7, 11) is 0. The van der Waals surface area contributed by atoms with E-state index in [0.29, 0.717) is 12.3 Å². The van der Waals surface area contributed by atoms with Crippen molar-refractivity contribution < 1.29 is 14.3 Å². The largest absolute Gasteiger partial charge is 0.484 e. The molecular formula is C27H36N2O3. The summed E-state index contributed by atoms with van der Waals surface area (Å²) in [4.78, 5) is 27.9. The van der Waals surface area contributed by atoms with Crippen LogP contribution in [0.5, 0.6) is 5.75 Å². The van der Waals surface area contributed by atoms with Gasteiger partial charge in [0.2, 0.25) is 5.91 Å². The summed E-state index contributed by atoms with van der Waals surface area (Å²) in [6, 6.07) is 13.4. The highest BCUT2D eigenvalue weighted by atomic mass is 16.5. The molecule has 1 unspecified atom stereocenters. The van der Waals surface area contributed by atoms with E-state index in [1.54, 1.807) is 4.90 Å². The van der Waals surface area contributed by atoms with Crippen LogP contribution in [0, 0.1) is 20.8 Å². The monoisotopic (exact) mass is 436 g/mol. The molecule has 0 aromatic heterocycles. The van der Waals surface area contributed by atoms with Crippen molar-refractivity contribution in [3.63, 3.8) is 0 Å². The van der Waals surface area contributed by atoms with E-state index < -0.39 is 6.04 Å². The maximum Gasteiger partial charge on any atom is 0.261 e. The fraction of sp³-hybridized carbons (Fsp3) is 0.481. The molecule has 0 spiro atoms. The average molecular weight is 437 g/mol. The van der Waals surface area contributed by atoms with Gasteiger partial charge in [0.1, 0.15) is 11.8 Å². The Morgan fingerprint density at radius 2 is 1.72 bits per heavy atom. The van der Waals surface area contributed by atoms with E-state index in [2.05, 4.69) is 5.32 Å². The third-order valence-electron chi connectivity index (χ3n) is 6.56. The Bertz CT molecular complexity index is 934. The molecule has 1 N–H and O–H groups in total. The van der Waals surface area contributed by atoms with Crippen LogP contribution < -0.4 is 10.1 Å². The van der Waals surface area contributed by atoms with Crippen molar-refractivity contribution >= 4 is 11.8 Å². The minimum absolute atomic E-state index is 0.0926. The van der Waals surface area contributed by atoms with E-state index >= 15 is 0 Å². The molecule has 2 aromatic carbocycles. The number of aryl methyl sites for hydroxylation is 3. The van der Waals surface area contributed by atoms with Crippen LogP contribution in [0.15, 0.2) is 42.5 Å². The lowest BCUT2D eigenvalue weighted by Gasteiger charge is -2.31. The Labute approximate surface area is 192 Å². The Morgan fingerprint density at radius 1 is 1.00 bits per heavy atom. The highest BCUT2D eigenvalue weighted by molar-refractivity contribution is 5.88. The van der Waals surface area contributed by atoms with Crippen LogP contribution in [0.2, 0.25) is 0 Å². The van der Waals surface area contributed by atoms with Gasteiger partial charge in [0.25, 0.3) is 5.91 Å². The molecule has 1 aliphatic rings. The van der Waals surface area contributed by atoms with Gasteiger partial charge in [-0.25, -0.2) is 0 Å². The highest BCUT2D eigenvalue weighted by Gasteiger charge is 2.28. The van der Waals surface area contributed by atoms with Gasteiger partial charge in [-0.1, -0.05) is 49.6 Å². The summed E-state index contributed by atoms with van der Waals surface area (Å²) in [6.07, 6.45) is 5.56. The molecule has 1 atom stereocenters. The van der Waals surface area contributed by atoms with Crippen molar-refractivity contribution in [3.05, 3.63) is 64.7 Å². The van der Waals surface area contributed by atoms with Crippen molar-refractivity contribution in [1.82, 2.24) is 10.2 Å². The zero-order chi connectivity index (χ0) is 23.1. The van der Waals surface area contributed by atoms with Gasteiger partial charge in [0, 0.05) is 12.6 Å². The van der Waals surface area contributed by atoms with Crippen LogP contribution in [0.25, 0.3) is 0 Å². The number of benzene rings is 2. The second kappa shape index (κ2) is 11.2. The van der Waals surface area contributed by atoms with Crippen molar-refractivity contribution in [3.8, 4) is 5.75 Å². The molecule has 0 heterocycles. The topological polar surface area (TPSA) is 58.6 Å². The van der Waals surface area contributed by atoms with Crippen molar-refractivity contribution in [2.75, 3.05) is 6.61 Å². The number of hydrogen-bond acceptors (Lipinski definition) is 3. The zero-order valence-electron chi connectivity index (χ0n) is 19.8. The standard InChI is InChI=1S/C27H36N2O3/c1-19-14-15-25(16-21(19)3)32-18-26(30)29(17-23-11-9-8-10-20(23)2)22(4)27(31)28-24-12-6-5-7-13-24/h8-11,14-16,22,24H,5-7,12-13,17-18H2,1-4H3,(H,28,31). The van der Waals surface area contributed by atoms with Gasteiger partial charge in [-0.3, -0.25) is 9.59 Å². The first-order chi connectivity index (χ1) is 15.3. The number of hydrogen-bond donors (Lipinski definition) is 1. The lowest BCUT2D eigenvalue weighted by atomic mass is 9.95. The maximum atomic E-state index is 13.2. The summed E-state index contributed by atoms with van der Waals surface area (Å²) < 4.78 is 5.81. The minimum Gasteiger partial charge on any atom is -0.484 e. The van der Waals surface area contributed by atoms with Crippen LogP contribution >= 0.6 is 0 Å². The fourth-order valence-electron chi connectivity index (χ4n) is 4.15. The Morgan fingerprint density at radius 3 is 2.41 bits per heavy atom. The number of rotatable bonds is 8. The Hall–Kier alpha value is -2.82. The first-order valence-corrected chi connectivity index (χ1v) is 11.7. The SMILES string of the molecule is Cc1ccc(OCC(=O)N(Cc2ccccc2C)C(C)C(=O)NC2CCCCC2)cc1C. The Kier molecular flexibility index (Phi) is 8.32. The molecule has 172 valence electrons. The van der Waals surface area contributed by atoms with Crippen molar-refractivity contribution in [2.24, 2.45) is 0 Å². The average Bonchev–Trinajstić information content (AvgIpc) is 2.79.